The number of hydrogen-bond donors (Lipinski definition) is 2. The Morgan fingerprint density at radius 1 is 1.52 bits per heavy atom. The van der Waals surface area contributed by atoms with Crippen LogP contribution in [0.2, 0.25) is 0 Å². The van der Waals surface area contributed by atoms with Crippen molar-refractivity contribution in [1.82, 2.24) is 10.2 Å². The van der Waals surface area contributed by atoms with Gasteiger partial charge in [-0.15, -0.1) is 0 Å². The topological polar surface area (TPSA) is 65.7 Å². The molecule has 0 aliphatic carbocycles. The van der Waals surface area contributed by atoms with Gasteiger partial charge in [-0.3, -0.25) is 4.79 Å². The predicted molar refractivity (Wildman–Crippen MR) is 76.6 cm³/mol. The Kier molecular flexibility index (Phi) is 6.06. The fourth-order valence-electron chi connectivity index (χ4n) is 2.90. The molecule has 1 aromatic heterocycles. The first kappa shape index (κ1) is 17.8. The van der Waals surface area contributed by atoms with Crippen molar-refractivity contribution in [2.75, 3.05) is 19.6 Å². The van der Waals surface area contributed by atoms with Crippen LogP contribution in [0.15, 0.2) is 22.8 Å². The number of furan rings is 1. The summed E-state index contributed by atoms with van der Waals surface area (Å²) in [4.78, 5) is 12.9. The Balaban J connectivity index is 1.71. The van der Waals surface area contributed by atoms with E-state index < -0.39 is 18.2 Å². The largest absolute Gasteiger partial charge is 0.471 e. The van der Waals surface area contributed by atoms with Crippen LogP contribution in [0.5, 0.6) is 0 Å². The first-order valence-corrected chi connectivity index (χ1v) is 7.68. The van der Waals surface area contributed by atoms with Gasteiger partial charge < -0.3 is 19.7 Å². The quantitative estimate of drug-likeness (QED) is 0.751. The van der Waals surface area contributed by atoms with Crippen LogP contribution in [-0.4, -0.2) is 47.8 Å². The molecule has 1 aromatic rings. The van der Waals surface area contributed by atoms with E-state index in [0.29, 0.717) is 25.1 Å². The third-order valence-electron chi connectivity index (χ3n) is 4.03. The summed E-state index contributed by atoms with van der Waals surface area (Å²) in [6.07, 6.45) is -1.10. The molecule has 130 valence electrons. The average molecular weight is 334 g/mol. The number of rotatable bonds is 7. The molecule has 5 nitrogen and oxygen atoms in total. The number of hydrogen-bond acceptors (Lipinski definition) is 4. The van der Waals surface area contributed by atoms with Crippen LogP contribution in [0.3, 0.4) is 0 Å². The van der Waals surface area contributed by atoms with E-state index >= 15 is 0 Å². The summed E-state index contributed by atoms with van der Waals surface area (Å²) >= 11 is 0. The number of nitrogens with zero attached hydrogens (tertiary/aromatic N) is 1. The highest BCUT2D eigenvalue weighted by atomic mass is 19.4. The minimum atomic E-state index is -4.83. The van der Waals surface area contributed by atoms with Gasteiger partial charge in [-0.25, -0.2) is 0 Å². The van der Waals surface area contributed by atoms with Gasteiger partial charge in [0.2, 0.25) is 0 Å². The molecule has 1 aliphatic heterocycles. The maximum atomic E-state index is 12.1. The van der Waals surface area contributed by atoms with E-state index in [1.54, 1.807) is 12.1 Å². The average Bonchev–Trinajstić information content (AvgIpc) is 3.14. The van der Waals surface area contributed by atoms with Gasteiger partial charge in [-0.1, -0.05) is 0 Å². The Morgan fingerprint density at radius 2 is 2.30 bits per heavy atom. The molecule has 2 rings (SSSR count). The van der Waals surface area contributed by atoms with E-state index in [4.69, 9.17) is 4.42 Å². The van der Waals surface area contributed by atoms with Crippen LogP contribution in [0.4, 0.5) is 13.2 Å². The lowest BCUT2D eigenvalue weighted by atomic mass is 10.1. The summed E-state index contributed by atoms with van der Waals surface area (Å²) in [6.45, 7) is 1.43. The number of aliphatic hydroxyl groups excluding tert-OH is 1. The third-order valence-corrected chi connectivity index (χ3v) is 4.03. The monoisotopic (exact) mass is 334 g/mol. The Morgan fingerprint density at radius 3 is 2.96 bits per heavy atom. The van der Waals surface area contributed by atoms with E-state index in [-0.39, 0.29) is 12.6 Å². The van der Waals surface area contributed by atoms with Crippen molar-refractivity contribution in [3.63, 3.8) is 0 Å². The number of carbonyl (C=O) groups is 1. The van der Waals surface area contributed by atoms with E-state index in [2.05, 4.69) is 4.90 Å². The molecule has 0 radical (unpaired) electrons. The second-order valence-corrected chi connectivity index (χ2v) is 5.71. The zero-order valence-corrected chi connectivity index (χ0v) is 12.7. The molecule has 1 fully saturated rings. The van der Waals surface area contributed by atoms with Gasteiger partial charge in [-0.2, -0.15) is 13.2 Å². The van der Waals surface area contributed by atoms with E-state index in [0.717, 1.165) is 19.4 Å². The number of aliphatic hydroxyl groups is 1. The lowest BCUT2D eigenvalue weighted by Gasteiger charge is -2.26. The summed E-state index contributed by atoms with van der Waals surface area (Å²) in [5.74, 6) is -1.38. The maximum Gasteiger partial charge on any atom is 0.471 e. The molecule has 1 aliphatic rings. The molecule has 0 saturated carbocycles. The molecule has 2 atom stereocenters. The lowest BCUT2D eigenvalue weighted by Crippen LogP contribution is -2.39. The SMILES string of the molecule is O=C(NCCCN1CCCC1CC(O)c1ccco1)C(F)(F)F. The second kappa shape index (κ2) is 7.83. The summed E-state index contributed by atoms with van der Waals surface area (Å²) in [5, 5.41) is 12.0. The third kappa shape index (κ3) is 5.24. The second-order valence-electron chi connectivity index (χ2n) is 5.71. The normalized spacial score (nSPS) is 20.6. The van der Waals surface area contributed by atoms with Crippen LogP contribution in [0.25, 0.3) is 0 Å². The first-order chi connectivity index (χ1) is 10.9. The van der Waals surface area contributed by atoms with Gasteiger partial charge >= 0.3 is 12.1 Å². The zero-order valence-electron chi connectivity index (χ0n) is 12.7. The van der Waals surface area contributed by atoms with E-state index in [9.17, 15) is 23.1 Å². The number of likely N-dealkylation sites (tertiary alicyclic amines) is 1. The number of nitrogens with one attached hydrogen (secondary N) is 1. The van der Waals surface area contributed by atoms with Gasteiger partial charge in [0.15, 0.2) is 0 Å². The molecule has 2 N–H and O–H groups in total. The molecule has 23 heavy (non-hydrogen) atoms. The molecule has 8 heteroatoms. The predicted octanol–water partition coefficient (Wildman–Crippen LogP) is 2.24. The van der Waals surface area contributed by atoms with E-state index in [1.807, 2.05) is 5.32 Å². The van der Waals surface area contributed by atoms with E-state index in [1.165, 1.54) is 6.26 Å². The van der Waals surface area contributed by atoms with Crippen molar-refractivity contribution in [1.29, 1.82) is 0 Å². The van der Waals surface area contributed by atoms with Crippen molar-refractivity contribution in [2.45, 2.75) is 44.0 Å². The molecule has 0 aromatic carbocycles. The fourth-order valence-corrected chi connectivity index (χ4v) is 2.90. The molecular formula is C15H21F3N2O3. The van der Waals surface area contributed by atoms with Crippen molar-refractivity contribution in [3.8, 4) is 0 Å². The molecule has 0 bridgehead atoms. The van der Waals surface area contributed by atoms with Gasteiger partial charge in [0.05, 0.1) is 6.26 Å². The first-order valence-electron chi connectivity index (χ1n) is 7.68. The molecule has 0 spiro atoms. The smallest absolute Gasteiger partial charge is 0.467 e. The van der Waals surface area contributed by atoms with Crippen molar-refractivity contribution in [3.05, 3.63) is 24.2 Å². The Labute approximate surface area is 132 Å². The lowest BCUT2D eigenvalue weighted by molar-refractivity contribution is -0.173. The van der Waals surface area contributed by atoms with Crippen molar-refractivity contribution in [2.24, 2.45) is 0 Å². The number of halogens is 3. The van der Waals surface area contributed by atoms with Gasteiger partial charge in [0, 0.05) is 19.1 Å². The molecular weight excluding hydrogens is 313 g/mol. The number of amides is 1. The Hall–Kier alpha value is -1.54. The maximum absolute atomic E-state index is 12.1. The number of carbonyl (C=O) groups excluding carboxylic acids is 1. The molecule has 2 unspecified atom stereocenters. The fraction of sp³-hybridized carbons (Fsp3) is 0.667. The van der Waals surface area contributed by atoms with Gasteiger partial charge in [0.25, 0.3) is 0 Å². The Bertz CT molecular complexity index is 491. The highest BCUT2D eigenvalue weighted by molar-refractivity contribution is 5.81. The summed E-state index contributed by atoms with van der Waals surface area (Å²) in [5.41, 5.74) is 0. The number of alkyl halides is 3. The highest BCUT2D eigenvalue weighted by Gasteiger charge is 2.38. The summed E-state index contributed by atoms with van der Waals surface area (Å²) < 4.78 is 41.3. The van der Waals surface area contributed by atoms with Crippen LogP contribution in [0, 0.1) is 0 Å². The van der Waals surface area contributed by atoms with Crippen LogP contribution < -0.4 is 5.32 Å². The van der Waals surface area contributed by atoms with Crippen molar-refractivity contribution < 1.29 is 27.5 Å². The standard InChI is InChI=1S/C15H21F3N2O3/c16-15(17,18)14(22)19-6-3-8-20-7-1-4-11(20)10-12(21)13-5-2-9-23-13/h2,5,9,11-12,21H,1,3-4,6-8,10H2,(H,19,22). The summed E-state index contributed by atoms with van der Waals surface area (Å²) in [6, 6.07) is 3.61. The summed E-state index contributed by atoms with van der Waals surface area (Å²) in [7, 11) is 0. The van der Waals surface area contributed by atoms with Crippen molar-refractivity contribution >= 4 is 5.91 Å². The minimum absolute atomic E-state index is 0.0116. The van der Waals surface area contributed by atoms with Crippen LogP contribution in [0.1, 0.15) is 37.5 Å². The highest BCUT2D eigenvalue weighted by Crippen LogP contribution is 2.27. The zero-order chi connectivity index (χ0) is 16.9. The van der Waals surface area contributed by atoms with Crippen LogP contribution in [-0.2, 0) is 4.79 Å². The van der Waals surface area contributed by atoms with Gasteiger partial charge in [0.1, 0.15) is 11.9 Å². The van der Waals surface area contributed by atoms with Crippen LogP contribution >= 0.6 is 0 Å². The molecule has 1 amide bonds. The van der Waals surface area contributed by atoms with Gasteiger partial charge in [-0.05, 0) is 44.4 Å². The molecule has 1 saturated heterocycles. The minimum Gasteiger partial charge on any atom is -0.467 e. The molecule has 2 heterocycles.